The Labute approximate surface area is 247 Å². The summed E-state index contributed by atoms with van der Waals surface area (Å²) in [5.41, 5.74) is 5.94. The SMILES string of the molecule is C=Cc1cc(NC(=O)c2ccc(N3CCOCC3)cc2)ccc1N(C)c1ccc(NC(=O)CCN2CCOCC2)cc1. The van der Waals surface area contributed by atoms with Crippen LogP contribution in [-0.4, -0.2) is 82.9 Å². The maximum Gasteiger partial charge on any atom is 0.255 e. The molecule has 0 unspecified atom stereocenters. The Kier molecular flexibility index (Phi) is 9.86. The number of amides is 2. The van der Waals surface area contributed by atoms with Gasteiger partial charge in [0.05, 0.1) is 26.4 Å². The van der Waals surface area contributed by atoms with E-state index in [1.165, 1.54) is 0 Å². The standard InChI is InChI=1S/C33H39N5O4/c1-3-25-24-28(35-33(40)26-4-9-30(10-5-26)38-18-22-42-23-19-38)8-13-31(25)36(2)29-11-6-27(7-12-29)34-32(39)14-15-37-16-20-41-21-17-37/h3-13,24H,1,14-23H2,2H3,(H,34,39)(H,35,40). The number of rotatable bonds is 10. The minimum Gasteiger partial charge on any atom is -0.379 e. The topological polar surface area (TPSA) is 86.4 Å². The van der Waals surface area contributed by atoms with Gasteiger partial charge in [0.2, 0.25) is 5.91 Å². The normalized spacial score (nSPS) is 15.6. The van der Waals surface area contributed by atoms with Crippen LogP contribution in [-0.2, 0) is 14.3 Å². The highest BCUT2D eigenvalue weighted by Crippen LogP contribution is 2.31. The molecule has 2 amide bonds. The Balaban J connectivity index is 1.17. The number of benzene rings is 3. The molecule has 3 aromatic carbocycles. The molecule has 3 aromatic rings. The predicted octanol–water partition coefficient (Wildman–Crippen LogP) is 4.85. The van der Waals surface area contributed by atoms with E-state index in [9.17, 15) is 9.59 Å². The van der Waals surface area contributed by atoms with E-state index in [1.54, 1.807) is 6.08 Å². The first-order valence-electron chi connectivity index (χ1n) is 14.4. The molecule has 5 rings (SSSR count). The van der Waals surface area contributed by atoms with Crippen LogP contribution in [0.3, 0.4) is 0 Å². The predicted molar refractivity (Wildman–Crippen MR) is 169 cm³/mol. The summed E-state index contributed by atoms with van der Waals surface area (Å²) in [6.45, 7) is 11.1. The van der Waals surface area contributed by atoms with E-state index in [-0.39, 0.29) is 11.8 Å². The van der Waals surface area contributed by atoms with Gasteiger partial charge in [-0.05, 0) is 72.3 Å². The molecule has 2 heterocycles. The lowest BCUT2D eigenvalue weighted by Gasteiger charge is -2.28. The monoisotopic (exact) mass is 569 g/mol. The van der Waals surface area contributed by atoms with Gasteiger partial charge >= 0.3 is 0 Å². The number of ether oxygens (including phenoxy) is 2. The highest BCUT2D eigenvalue weighted by atomic mass is 16.5. The van der Waals surface area contributed by atoms with Gasteiger partial charge in [-0.1, -0.05) is 12.7 Å². The first-order valence-corrected chi connectivity index (χ1v) is 14.4. The van der Waals surface area contributed by atoms with Crippen LogP contribution in [0.15, 0.2) is 73.3 Å². The van der Waals surface area contributed by atoms with Crippen molar-refractivity contribution in [3.8, 4) is 0 Å². The molecule has 42 heavy (non-hydrogen) atoms. The number of morpholine rings is 2. The van der Waals surface area contributed by atoms with E-state index in [0.29, 0.717) is 17.7 Å². The lowest BCUT2D eigenvalue weighted by atomic mass is 10.1. The van der Waals surface area contributed by atoms with E-state index in [2.05, 4.69) is 31.9 Å². The number of anilines is 5. The summed E-state index contributed by atoms with van der Waals surface area (Å²) in [6, 6.07) is 21.2. The smallest absolute Gasteiger partial charge is 0.255 e. The summed E-state index contributed by atoms with van der Waals surface area (Å²) in [7, 11) is 1.98. The third-order valence-electron chi connectivity index (χ3n) is 7.67. The minimum absolute atomic E-state index is 0.00206. The summed E-state index contributed by atoms with van der Waals surface area (Å²) in [5, 5.41) is 6.00. The Morgan fingerprint density at radius 1 is 0.857 bits per heavy atom. The molecule has 0 bridgehead atoms. The largest absolute Gasteiger partial charge is 0.379 e. The second kappa shape index (κ2) is 14.1. The summed E-state index contributed by atoms with van der Waals surface area (Å²) in [6.07, 6.45) is 2.23. The molecule has 0 spiro atoms. The summed E-state index contributed by atoms with van der Waals surface area (Å²) >= 11 is 0. The summed E-state index contributed by atoms with van der Waals surface area (Å²) in [5.74, 6) is -0.163. The van der Waals surface area contributed by atoms with Gasteiger partial charge < -0.3 is 29.9 Å². The van der Waals surface area contributed by atoms with E-state index in [1.807, 2.05) is 73.8 Å². The molecule has 2 aliphatic heterocycles. The molecule has 9 heteroatoms. The van der Waals surface area contributed by atoms with Crippen molar-refractivity contribution < 1.29 is 19.1 Å². The lowest BCUT2D eigenvalue weighted by Crippen LogP contribution is -2.38. The lowest BCUT2D eigenvalue weighted by molar-refractivity contribution is -0.116. The maximum absolute atomic E-state index is 13.0. The van der Waals surface area contributed by atoms with Gasteiger partial charge in [0.25, 0.3) is 5.91 Å². The van der Waals surface area contributed by atoms with Crippen LogP contribution < -0.4 is 20.4 Å². The molecule has 0 aliphatic carbocycles. The van der Waals surface area contributed by atoms with Gasteiger partial charge in [-0.3, -0.25) is 14.5 Å². The molecule has 220 valence electrons. The van der Waals surface area contributed by atoms with E-state index >= 15 is 0 Å². The highest BCUT2D eigenvalue weighted by molar-refractivity contribution is 6.04. The molecule has 0 aromatic heterocycles. The van der Waals surface area contributed by atoms with Crippen molar-refractivity contribution in [2.24, 2.45) is 0 Å². The number of nitrogens with one attached hydrogen (secondary N) is 2. The summed E-state index contributed by atoms with van der Waals surface area (Å²) in [4.78, 5) is 31.9. The zero-order valence-electron chi connectivity index (χ0n) is 24.2. The van der Waals surface area contributed by atoms with Gasteiger partial charge in [-0.25, -0.2) is 0 Å². The third-order valence-corrected chi connectivity index (χ3v) is 7.67. The molecule has 0 radical (unpaired) electrons. The first kappa shape index (κ1) is 29.3. The van der Waals surface area contributed by atoms with Gasteiger partial charge in [0.15, 0.2) is 0 Å². The quantitative estimate of drug-likeness (QED) is 0.361. The van der Waals surface area contributed by atoms with Crippen molar-refractivity contribution in [3.05, 3.63) is 84.4 Å². The second-order valence-corrected chi connectivity index (χ2v) is 10.4. The fourth-order valence-corrected chi connectivity index (χ4v) is 5.17. The molecule has 2 saturated heterocycles. The Hall–Kier alpha value is -4.18. The molecule has 2 N–H and O–H groups in total. The van der Waals surface area contributed by atoms with Crippen LogP contribution in [0.1, 0.15) is 22.3 Å². The number of nitrogens with zero attached hydrogens (tertiary/aromatic N) is 3. The van der Waals surface area contributed by atoms with Crippen molar-refractivity contribution >= 4 is 46.3 Å². The molecule has 2 fully saturated rings. The van der Waals surface area contributed by atoms with E-state index < -0.39 is 0 Å². The molecular formula is C33H39N5O4. The number of hydrogen-bond acceptors (Lipinski definition) is 7. The Morgan fingerprint density at radius 2 is 1.50 bits per heavy atom. The van der Waals surface area contributed by atoms with Crippen LogP contribution in [0.2, 0.25) is 0 Å². The van der Waals surface area contributed by atoms with Crippen LogP contribution in [0.4, 0.5) is 28.4 Å². The average Bonchev–Trinajstić information content (AvgIpc) is 3.04. The van der Waals surface area contributed by atoms with Crippen molar-refractivity contribution in [2.75, 3.05) is 86.6 Å². The maximum atomic E-state index is 13.0. The van der Waals surface area contributed by atoms with Crippen molar-refractivity contribution in [3.63, 3.8) is 0 Å². The molecule has 0 atom stereocenters. The van der Waals surface area contributed by atoms with Crippen LogP contribution >= 0.6 is 0 Å². The number of carbonyl (C=O) groups is 2. The van der Waals surface area contributed by atoms with Gasteiger partial charge in [0, 0.05) is 80.2 Å². The number of carbonyl (C=O) groups excluding carboxylic acids is 2. The van der Waals surface area contributed by atoms with Crippen LogP contribution in [0.25, 0.3) is 6.08 Å². The molecule has 0 saturated carbocycles. The van der Waals surface area contributed by atoms with Crippen molar-refractivity contribution in [2.45, 2.75) is 6.42 Å². The fourth-order valence-electron chi connectivity index (χ4n) is 5.17. The number of hydrogen-bond donors (Lipinski definition) is 2. The van der Waals surface area contributed by atoms with Crippen molar-refractivity contribution in [1.29, 1.82) is 0 Å². The van der Waals surface area contributed by atoms with Crippen LogP contribution in [0, 0.1) is 0 Å². The molecular weight excluding hydrogens is 530 g/mol. The molecule has 2 aliphatic rings. The van der Waals surface area contributed by atoms with E-state index in [0.717, 1.165) is 87.5 Å². The molecule has 9 nitrogen and oxygen atoms in total. The Morgan fingerprint density at radius 3 is 2.17 bits per heavy atom. The summed E-state index contributed by atoms with van der Waals surface area (Å²) < 4.78 is 10.8. The zero-order valence-corrected chi connectivity index (χ0v) is 24.2. The first-order chi connectivity index (χ1) is 20.5. The third kappa shape index (κ3) is 7.55. The van der Waals surface area contributed by atoms with Crippen LogP contribution in [0.5, 0.6) is 0 Å². The average molecular weight is 570 g/mol. The van der Waals surface area contributed by atoms with Gasteiger partial charge in [0.1, 0.15) is 0 Å². The van der Waals surface area contributed by atoms with Gasteiger partial charge in [-0.15, -0.1) is 0 Å². The minimum atomic E-state index is -0.165. The van der Waals surface area contributed by atoms with E-state index in [4.69, 9.17) is 9.47 Å². The fraction of sp³-hybridized carbons (Fsp3) is 0.333. The second-order valence-electron chi connectivity index (χ2n) is 10.4. The highest BCUT2D eigenvalue weighted by Gasteiger charge is 2.15. The van der Waals surface area contributed by atoms with Crippen molar-refractivity contribution in [1.82, 2.24) is 4.90 Å². The van der Waals surface area contributed by atoms with Gasteiger partial charge in [-0.2, -0.15) is 0 Å². The Bertz CT molecular complexity index is 1360. The zero-order chi connectivity index (χ0) is 29.3.